The Morgan fingerprint density at radius 2 is 1.82 bits per heavy atom. The number of alkyl halides is 3. The lowest BCUT2D eigenvalue weighted by molar-refractivity contribution is -0.141. The number of anilines is 1. The number of nitrogens with zero attached hydrogens (tertiary/aromatic N) is 4. The van der Waals surface area contributed by atoms with Crippen LogP contribution < -0.4 is 10.6 Å². The van der Waals surface area contributed by atoms with E-state index in [1.165, 1.54) is 4.68 Å². The third kappa shape index (κ3) is 6.39. The van der Waals surface area contributed by atoms with Crippen LogP contribution in [-0.4, -0.2) is 31.2 Å². The minimum atomic E-state index is -4.45. The number of rotatable bonds is 7. The second kappa shape index (κ2) is 10.3. The van der Waals surface area contributed by atoms with Gasteiger partial charge in [-0.25, -0.2) is 0 Å². The summed E-state index contributed by atoms with van der Waals surface area (Å²) in [6, 6.07) is 6.37. The Hall–Kier alpha value is -2.30. The van der Waals surface area contributed by atoms with Gasteiger partial charge in [0.2, 0.25) is 0 Å². The molecule has 0 aliphatic carbocycles. The first-order valence-corrected chi connectivity index (χ1v) is 11.3. The zero-order valence-corrected chi connectivity index (χ0v) is 20.6. The summed E-state index contributed by atoms with van der Waals surface area (Å²) in [6.45, 7) is 6.69. The van der Waals surface area contributed by atoms with Gasteiger partial charge >= 0.3 is 6.18 Å². The molecular formula is C21H23Cl2F3N6S. The SMILES string of the molecule is Cc1nn(Cc2ccc(Cl)cc2Cl)c(C)c1NC(=S)NCCCn1nc(C(F)(F)F)cc1C. The van der Waals surface area contributed by atoms with Gasteiger partial charge in [-0.2, -0.15) is 23.4 Å². The molecule has 0 bridgehead atoms. The quantitative estimate of drug-likeness (QED) is 0.307. The van der Waals surface area contributed by atoms with Crippen LogP contribution in [0.25, 0.3) is 0 Å². The molecular weight excluding hydrogens is 496 g/mol. The molecule has 12 heteroatoms. The average Bonchev–Trinajstić information content (AvgIpc) is 3.22. The molecule has 6 nitrogen and oxygen atoms in total. The van der Waals surface area contributed by atoms with E-state index in [0.29, 0.717) is 46.9 Å². The maximum absolute atomic E-state index is 12.8. The molecule has 3 rings (SSSR count). The smallest absolute Gasteiger partial charge is 0.362 e. The predicted molar refractivity (Wildman–Crippen MR) is 128 cm³/mol. The van der Waals surface area contributed by atoms with Crippen LogP contribution >= 0.6 is 35.4 Å². The normalized spacial score (nSPS) is 11.6. The number of aromatic nitrogens is 4. The van der Waals surface area contributed by atoms with Crippen molar-refractivity contribution >= 4 is 46.2 Å². The van der Waals surface area contributed by atoms with Crippen LogP contribution in [0.3, 0.4) is 0 Å². The topological polar surface area (TPSA) is 59.7 Å². The van der Waals surface area contributed by atoms with Crippen molar-refractivity contribution in [3.8, 4) is 0 Å². The molecule has 0 radical (unpaired) electrons. The van der Waals surface area contributed by atoms with E-state index in [9.17, 15) is 13.2 Å². The van der Waals surface area contributed by atoms with Crippen molar-refractivity contribution in [1.29, 1.82) is 0 Å². The first-order valence-electron chi connectivity index (χ1n) is 10.1. The van der Waals surface area contributed by atoms with Gasteiger partial charge in [0, 0.05) is 28.8 Å². The second-order valence-corrected chi connectivity index (χ2v) is 8.82. The van der Waals surface area contributed by atoms with Crippen LogP contribution in [0, 0.1) is 20.8 Å². The summed E-state index contributed by atoms with van der Waals surface area (Å²) < 4.78 is 41.5. The van der Waals surface area contributed by atoms with Crippen LogP contribution in [0.5, 0.6) is 0 Å². The number of halogens is 5. The van der Waals surface area contributed by atoms with Crippen LogP contribution in [0.4, 0.5) is 18.9 Å². The monoisotopic (exact) mass is 518 g/mol. The third-order valence-corrected chi connectivity index (χ3v) is 5.89. The molecule has 0 amide bonds. The molecule has 2 heterocycles. The molecule has 2 aromatic heterocycles. The third-order valence-electron chi connectivity index (χ3n) is 5.06. The number of nitrogens with one attached hydrogen (secondary N) is 2. The number of hydrogen-bond donors (Lipinski definition) is 2. The summed E-state index contributed by atoms with van der Waals surface area (Å²) in [5.41, 5.74) is 2.91. The average molecular weight is 519 g/mol. The maximum atomic E-state index is 12.8. The van der Waals surface area contributed by atoms with Crippen molar-refractivity contribution in [2.45, 2.75) is 46.5 Å². The van der Waals surface area contributed by atoms with Gasteiger partial charge in [0.15, 0.2) is 10.8 Å². The molecule has 33 heavy (non-hydrogen) atoms. The van der Waals surface area contributed by atoms with Crippen molar-refractivity contribution in [2.75, 3.05) is 11.9 Å². The Morgan fingerprint density at radius 3 is 2.45 bits per heavy atom. The lowest BCUT2D eigenvalue weighted by Gasteiger charge is -2.12. The van der Waals surface area contributed by atoms with Crippen LogP contribution in [-0.2, 0) is 19.3 Å². The standard InChI is InChI=1S/C21H23Cl2F3N6S/c1-12-9-18(21(24,25)26)30-31(12)8-4-7-27-20(33)28-19-13(2)29-32(14(19)3)11-15-5-6-16(22)10-17(15)23/h5-6,9-10H,4,7-8,11H2,1-3H3,(H2,27,28,33). The fraction of sp³-hybridized carbons (Fsp3) is 0.381. The highest BCUT2D eigenvalue weighted by Crippen LogP contribution is 2.28. The van der Waals surface area contributed by atoms with E-state index in [4.69, 9.17) is 35.4 Å². The Bertz CT molecular complexity index is 1160. The number of benzene rings is 1. The van der Waals surface area contributed by atoms with Gasteiger partial charge in [0.25, 0.3) is 0 Å². The molecule has 0 fully saturated rings. The molecule has 0 atom stereocenters. The molecule has 1 aromatic carbocycles. The van der Waals surface area contributed by atoms with Gasteiger partial charge in [-0.05, 0) is 63.2 Å². The van der Waals surface area contributed by atoms with Gasteiger partial charge < -0.3 is 10.6 Å². The van der Waals surface area contributed by atoms with Crippen LogP contribution in [0.15, 0.2) is 24.3 Å². The predicted octanol–water partition coefficient (Wildman–Crippen LogP) is 5.76. The first-order chi connectivity index (χ1) is 15.5. The Labute approximate surface area is 205 Å². The minimum Gasteiger partial charge on any atom is -0.362 e. The first kappa shape index (κ1) is 25.3. The van der Waals surface area contributed by atoms with E-state index >= 15 is 0 Å². The van der Waals surface area contributed by atoms with Crippen molar-refractivity contribution in [3.05, 3.63) is 62.6 Å². The summed E-state index contributed by atoms with van der Waals surface area (Å²) in [7, 11) is 0. The van der Waals surface area contributed by atoms with Crippen molar-refractivity contribution in [3.63, 3.8) is 0 Å². The molecule has 3 aromatic rings. The van der Waals surface area contributed by atoms with E-state index in [-0.39, 0.29) is 0 Å². The van der Waals surface area contributed by atoms with Gasteiger partial charge in [-0.15, -0.1) is 0 Å². The molecule has 0 aliphatic rings. The molecule has 0 saturated heterocycles. The van der Waals surface area contributed by atoms with Crippen molar-refractivity contribution < 1.29 is 13.2 Å². The summed E-state index contributed by atoms with van der Waals surface area (Å²) in [5.74, 6) is 0. The van der Waals surface area contributed by atoms with Crippen LogP contribution in [0.1, 0.15) is 34.8 Å². The zero-order chi connectivity index (χ0) is 24.3. The van der Waals surface area contributed by atoms with E-state index < -0.39 is 11.9 Å². The van der Waals surface area contributed by atoms with E-state index in [1.54, 1.807) is 19.1 Å². The van der Waals surface area contributed by atoms with Crippen LogP contribution in [0.2, 0.25) is 10.0 Å². The number of aryl methyl sites for hydroxylation is 3. The number of thiocarbonyl (C=S) groups is 1. The summed E-state index contributed by atoms with van der Waals surface area (Å²) in [4.78, 5) is 0. The van der Waals surface area contributed by atoms with Gasteiger partial charge in [-0.1, -0.05) is 29.3 Å². The molecule has 0 spiro atoms. The summed E-state index contributed by atoms with van der Waals surface area (Å²) in [5, 5.41) is 15.9. The lowest BCUT2D eigenvalue weighted by atomic mass is 10.2. The van der Waals surface area contributed by atoms with Crippen molar-refractivity contribution in [1.82, 2.24) is 24.9 Å². The van der Waals surface area contributed by atoms with E-state index in [0.717, 1.165) is 28.7 Å². The fourth-order valence-electron chi connectivity index (χ4n) is 3.31. The van der Waals surface area contributed by atoms with Gasteiger partial charge in [-0.3, -0.25) is 9.36 Å². The molecule has 0 saturated carbocycles. The highest BCUT2D eigenvalue weighted by atomic mass is 35.5. The summed E-state index contributed by atoms with van der Waals surface area (Å²) >= 11 is 17.6. The lowest BCUT2D eigenvalue weighted by Crippen LogP contribution is -2.30. The Balaban J connectivity index is 1.54. The summed E-state index contributed by atoms with van der Waals surface area (Å²) in [6.07, 6.45) is -3.90. The molecule has 0 aliphatic heterocycles. The van der Waals surface area contributed by atoms with Gasteiger partial charge in [0.1, 0.15) is 0 Å². The second-order valence-electron chi connectivity index (χ2n) is 7.57. The highest BCUT2D eigenvalue weighted by molar-refractivity contribution is 7.80. The Kier molecular flexibility index (Phi) is 7.92. The zero-order valence-electron chi connectivity index (χ0n) is 18.2. The fourth-order valence-corrected chi connectivity index (χ4v) is 3.98. The maximum Gasteiger partial charge on any atom is 0.435 e. The number of hydrogen-bond acceptors (Lipinski definition) is 3. The molecule has 2 N–H and O–H groups in total. The van der Waals surface area contributed by atoms with E-state index in [1.807, 2.05) is 24.6 Å². The highest BCUT2D eigenvalue weighted by Gasteiger charge is 2.34. The van der Waals surface area contributed by atoms with E-state index in [2.05, 4.69) is 20.8 Å². The molecule has 178 valence electrons. The van der Waals surface area contributed by atoms with Gasteiger partial charge in [0.05, 0.1) is 23.6 Å². The Morgan fingerprint density at radius 1 is 1.09 bits per heavy atom. The largest absolute Gasteiger partial charge is 0.435 e. The molecule has 0 unspecified atom stereocenters. The van der Waals surface area contributed by atoms with Crippen molar-refractivity contribution in [2.24, 2.45) is 0 Å². The minimum absolute atomic E-state index is 0.343.